The Morgan fingerprint density at radius 3 is 2.50 bits per heavy atom. The van der Waals surface area contributed by atoms with E-state index in [0.29, 0.717) is 6.54 Å². The predicted octanol–water partition coefficient (Wildman–Crippen LogP) is 2.87. The molecule has 0 spiro atoms. The summed E-state index contributed by atoms with van der Waals surface area (Å²) in [6.07, 6.45) is 2.00. The molecule has 1 aliphatic carbocycles. The fraction of sp³-hybridized carbons (Fsp3) is 0.250. The van der Waals surface area contributed by atoms with Gasteiger partial charge in [0.2, 0.25) is 0 Å². The lowest BCUT2D eigenvalue weighted by Gasteiger charge is -2.30. The molecule has 0 aromatic heterocycles. The molecule has 3 rings (SSSR count). The largest absolute Gasteiger partial charge is 0.481 e. The molecular weight excluding hydrogens is 222 g/mol. The lowest BCUT2D eigenvalue weighted by Crippen LogP contribution is -2.38. The Bertz CT molecular complexity index is 538. The molecule has 1 aliphatic rings. The van der Waals surface area contributed by atoms with Crippen LogP contribution in [0.5, 0.6) is 5.75 Å². The summed E-state index contributed by atoms with van der Waals surface area (Å²) in [7, 11) is 0. The molecule has 0 saturated carbocycles. The van der Waals surface area contributed by atoms with Crippen molar-refractivity contribution < 1.29 is 4.74 Å². The highest BCUT2D eigenvalue weighted by Crippen LogP contribution is 2.39. The highest BCUT2D eigenvalue weighted by Gasteiger charge is 2.39. The van der Waals surface area contributed by atoms with Crippen molar-refractivity contribution in [3.05, 3.63) is 65.7 Å². The SMILES string of the molecule is NCC1(Oc2ccccc2)CCc2ccccc21. The first kappa shape index (κ1) is 11.3. The van der Waals surface area contributed by atoms with Gasteiger partial charge in [-0.05, 0) is 36.1 Å². The van der Waals surface area contributed by atoms with E-state index in [9.17, 15) is 0 Å². The molecule has 1 atom stereocenters. The normalized spacial score (nSPS) is 21.6. The Kier molecular flexibility index (Phi) is 2.80. The number of rotatable bonds is 3. The average molecular weight is 239 g/mol. The van der Waals surface area contributed by atoms with Crippen molar-refractivity contribution in [3.63, 3.8) is 0 Å². The number of para-hydroxylation sites is 1. The molecule has 2 aromatic rings. The minimum atomic E-state index is -0.349. The second kappa shape index (κ2) is 4.46. The van der Waals surface area contributed by atoms with Crippen molar-refractivity contribution in [1.82, 2.24) is 0 Å². The van der Waals surface area contributed by atoms with Gasteiger partial charge < -0.3 is 10.5 Å². The second-order valence-electron chi connectivity index (χ2n) is 4.77. The van der Waals surface area contributed by atoms with Gasteiger partial charge in [-0.2, -0.15) is 0 Å². The summed E-state index contributed by atoms with van der Waals surface area (Å²) in [5.41, 5.74) is 8.26. The number of hydrogen-bond acceptors (Lipinski definition) is 2. The molecule has 1 unspecified atom stereocenters. The van der Waals surface area contributed by atoms with Crippen LogP contribution in [0.4, 0.5) is 0 Å². The minimum absolute atomic E-state index is 0.349. The topological polar surface area (TPSA) is 35.2 Å². The lowest BCUT2D eigenvalue weighted by atomic mass is 9.95. The van der Waals surface area contributed by atoms with Gasteiger partial charge in [-0.25, -0.2) is 0 Å². The summed E-state index contributed by atoms with van der Waals surface area (Å²) in [5, 5.41) is 0. The zero-order valence-electron chi connectivity index (χ0n) is 10.3. The molecule has 2 nitrogen and oxygen atoms in total. The molecule has 2 N–H and O–H groups in total. The standard InChI is InChI=1S/C16H17NO/c17-12-16(18-14-7-2-1-3-8-14)11-10-13-6-4-5-9-15(13)16/h1-9H,10-12,17H2. The van der Waals surface area contributed by atoms with Crippen LogP contribution >= 0.6 is 0 Å². The number of aryl methyl sites for hydroxylation is 1. The van der Waals surface area contributed by atoms with Crippen LogP contribution < -0.4 is 10.5 Å². The van der Waals surface area contributed by atoms with E-state index in [2.05, 4.69) is 24.3 Å². The zero-order valence-corrected chi connectivity index (χ0v) is 10.3. The molecule has 0 bridgehead atoms. The van der Waals surface area contributed by atoms with Gasteiger partial charge in [0.25, 0.3) is 0 Å². The second-order valence-corrected chi connectivity index (χ2v) is 4.77. The van der Waals surface area contributed by atoms with Crippen LogP contribution in [0.25, 0.3) is 0 Å². The van der Waals surface area contributed by atoms with Crippen molar-refractivity contribution in [2.45, 2.75) is 18.4 Å². The summed E-state index contributed by atoms with van der Waals surface area (Å²) in [4.78, 5) is 0. The average Bonchev–Trinajstić information content (AvgIpc) is 2.80. The van der Waals surface area contributed by atoms with E-state index < -0.39 is 0 Å². The molecule has 0 amide bonds. The van der Waals surface area contributed by atoms with Gasteiger partial charge >= 0.3 is 0 Å². The van der Waals surface area contributed by atoms with E-state index in [1.54, 1.807) is 0 Å². The molecule has 0 aliphatic heterocycles. The fourth-order valence-electron chi connectivity index (χ4n) is 2.73. The van der Waals surface area contributed by atoms with Crippen LogP contribution in [-0.2, 0) is 12.0 Å². The smallest absolute Gasteiger partial charge is 0.147 e. The predicted molar refractivity (Wildman–Crippen MR) is 72.6 cm³/mol. The van der Waals surface area contributed by atoms with Crippen molar-refractivity contribution in [1.29, 1.82) is 0 Å². The Hall–Kier alpha value is -1.80. The van der Waals surface area contributed by atoms with E-state index >= 15 is 0 Å². The van der Waals surface area contributed by atoms with Gasteiger partial charge in [0, 0.05) is 6.54 Å². The monoisotopic (exact) mass is 239 g/mol. The van der Waals surface area contributed by atoms with Crippen molar-refractivity contribution in [2.75, 3.05) is 6.54 Å². The molecule has 0 fully saturated rings. The van der Waals surface area contributed by atoms with Gasteiger partial charge in [0.05, 0.1) is 0 Å². The Labute approximate surface area is 107 Å². The zero-order chi connectivity index (χ0) is 12.4. The van der Waals surface area contributed by atoms with Crippen molar-refractivity contribution >= 4 is 0 Å². The number of benzene rings is 2. The summed E-state index contributed by atoms with van der Waals surface area (Å²) < 4.78 is 6.21. The van der Waals surface area contributed by atoms with E-state index in [-0.39, 0.29) is 5.60 Å². The van der Waals surface area contributed by atoms with Crippen LogP contribution in [0.15, 0.2) is 54.6 Å². The maximum Gasteiger partial charge on any atom is 0.147 e. The molecule has 0 heterocycles. The number of nitrogens with two attached hydrogens (primary N) is 1. The molecular formula is C16H17NO. The van der Waals surface area contributed by atoms with Gasteiger partial charge in [-0.3, -0.25) is 0 Å². The maximum atomic E-state index is 6.21. The minimum Gasteiger partial charge on any atom is -0.481 e. The van der Waals surface area contributed by atoms with Gasteiger partial charge in [0.1, 0.15) is 11.4 Å². The Morgan fingerprint density at radius 2 is 1.72 bits per heavy atom. The van der Waals surface area contributed by atoms with Gasteiger partial charge in [0.15, 0.2) is 0 Å². The number of ether oxygens (including phenoxy) is 1. The van der Waals surface area contributed by atoms with E-state index in [0.717, 1.165) is 18.6 Å². The number of fused-ring (bicyclic) bond motifs is 1. The molecule has 0 radical (unpaired) electrons. The molecule has 2 aromatic carbocycles. The third kappa shape index (κ3) is 1.79. The quantitative estimate of drug-likeness (QED) is 0.894. The van der Waals surface area contributed by atoms with Crippen LogP contribution in [-0.4, -0.2) is 6.54 Å². The molecule has 18 heavy (non-hydrogen) atoms. The molecule has 92 valence electrons. The Morgan fingerprint density at radius 1 is 1.00 bits per heavy atom. The first-order valence-electron chi connectivity index (χ1n) is 6.37. The summed E-state index contributed by atoms with van der Waals surface area (Å²) in [5.74, 6) is 0.889. The van der Waals surface area contributed by atoms with Crippen LogP contribution in [0, 0.1) is 0 Å². The van der Waals surface area contributed by atoms with Crippen LogP contribution in [0.1, 0.15) is 17.5 Å². The van der Waals surface area contributed by atoms with E-state index in [4.69, 9.17) is 10.5 Å². The summed E-state index contributed by atoms with van der Waals surface area (Å²) in [6.45, 7) is 0.513. The third-order valence-corrected chi connectivity index (χ3v) is 3.69. The van der Waals surface area contributed by atoms with Crippen LogP contribution in [0.2, 0.25) is 0 Å². The highest BCUT2D eigenvalue weighted by atomic mass is 16.5. The first-order valence-corrected chi connectivity index (χ1v) is 6.37. The van der Waals surface area contributed by atoms with Crippen molar-refractivity contribution in [2.24, 2.45) is 5.73 Å². The highest BCUT2D eigenvalue weighted by molar-refractivity contribution is 5.39. The first-order chi connectivity index (χ1) is 8.84. The maximum absolute atomic E-state index is 6.21. The summed E-state index contributed by atoms with van der Waals surface area (Å²) >= 11 is 0. The third-order valence-electron chi connectivity index (χ3n) is 3.69. The lowest BCUT2D eigenvalue weighted by molar-refractivity contribution is 0.0773. The van der Waals surface area contributed by atoms with Gasteiger partial charge in [-0.1, -0.05) is 42.5 Å². The van der Waals surface area contributed by atoms with E-state index in [1.807, 2.05) is 30.3 Å². The van der Waals surface area contributed by atoms with Crippen molar-refractivity contribution in [3.8, 4) is 5.75 Å². The molecule has 0 saturated heterocycles. The Balaban J connectivity index is 1.98. The number of hydrogen-bond donors (Lipinski definition) is 1. The summed E-state index contributed by atoms with van der Waals surface area (Å²) in [6, 6.07) is 18.4. The fourth-order valence-corrected chi connectivity index (χ4v) is 2.73. The van der Waals surface area contributed by atoms with E-state index in [1.165, 1.54) is 11.1 Å². The van der Waals surface area contributed by atoms with Gasteiger partial charge in [-0.15, -0.1) is 0 Å². The molecule has 2 heteroatoms. The van der Waals surface area contributed by atoms with Crippen LogP contribution in [0.3, 0.4) is 0 Å².